The number of hydrogen-bond acceptors (Lipinski definition) is 2. The number of rotatable bonds is 3. The molecular formula is C12H14F3NO2. The minimum atomic E-state index is -1.27. The number of anilines is 1. The molecule has 0 aromatic heterocycles. The second-order valence-corrected chi connectivity index (χ2v) is 4.28. The van der Waals surface area contributed by atoms with Crippen LogP contribution in [0.4, 0.5) is 23.7 Å². The van der Waals surface area contributed by atoms with Crippen LogP contribution in [0.25, 0.3) is 0 Å². The van der Waals surface area contributed by atoms with Gasteiger partial charge in [-0.25, -0.2) is 18.0 Å². The highest BCUT2D eigenvalue weighted by atomic mass is 19.2. The Labute approximate surface area is 103 Å². The first-order valence-electron chi connectivity index (χ1n) is 5.40. The molecule has 0 radical (unpaired) electrons. The number of amides is 1. The summed E-state index contributed by atoms with van der Waals surface area (Å²) in [4.78, 5) is 11.3. The molecule has 0 saturated heterocycles. The summed E-state index contributed by atoms with van der Waals surface area (Å²) in [6.07, 6.45) is -0.909. The van der Waals surface area contributed by atoms with Crippen molar-refractivity contribution < 1.29 is 22.7 Å². The molecule has 3 nitrogen and oxygen atoms in total. The van der Waals surface area contributed by atoms with Crippen LogP contribution < -0.4 is 5.32 Å². The van der Waals surface area contributed by atoms with Crippen molar-refractivity contribution in [3.05, 3.63) is 29.1 Å². The fourth-order valence-corrected chi connectivity index (χ4v) is 1.21. The van der Waals surface area contributed by atoms with Gasteiger partial charge in [0.05, 0.1) is 12.3 Å². The molecule has 100 valence electrons. The number of carbonyl (C=O) groups excluding carboxylic acids is 1. The molecule has 0 atom stereocenters. The number of nitrogens with one attached hydrogen (secondary N) is 1. The zero-order chi connectivity index (χ0) is 13.9. The molecule has 0 spiro atoms. The van der Waals surface area contributed by atoms with Crippen molar-refractivity contribution in [1.82, 2.24) is 0 Å². The smallest absolute Gasteiger partial charge is 0.411 e. The third kappa shape index (κ3) is 3.38. The van der Waals surface area contributed by atoms with Gasteiger partial charge in [-0.1, -0.05) is 13.8 Å². The van der Waals surface area contributed by atoms with E-state index in [1.807, 2.05) is 19.2 Å². The van der Waals surface area contributed by atoms with Gasteiger partial charge < -0.3 is 4.74 Å². The summed E-state index contributed by atoms with van der Waals surface area (Å²) in [6.45, 7) is 4.89. The highest BCUT2D eigenvalue weighted by Crippen LogP contribution is 2.23. The van der Waals surface area contributed by atoms with E-state index in [0.717, 1.165) is 6.92 Å². The van der Waals surface area contributed by atoms with Crippen LogP contribution in [0.5, 0.6) is 0 Å². The zero-order valence-electron chi connectivity index (χ0n) is 10.3. The van der Waals surface area contributed by atoms with Crippen LogP contribution in [0, 0.1) is 30.3 Å². The van der Waals surface area contributed by atoms with E-state index in [9.17, 15) is 18.0 Å². The number of carbonyl (C=O) groups is 1. The van der Waals surface area contributed by atoms with E-state index in [4.69, 9.17) is 4.74 Å². The fourth-order valence-electron chi connectivity index (χ4n) is 1.21. The Morgan fingerprint density at radius 2 is 1.94 bits per heavy atom. The number of benzene rings is 1. The molecule has 0 saturated carbocycles. The van der Waals surface area contributed by atoms with E-state index in [-0.39, 0.29) is 12.5 Å². The third-order valence-electron chi connectivity index (χ3n) is 2.16. The summed E-state index contributed by atoms with van der Waals surface area (Å²) in [5.74, 6) is -3.40. The van der Waals surface area contributed by atoms with Gasteiger partial charge in [-0.2, -0.15) is 0 Å². The van der Waals surface area contributed by atoms with E-state index in [2.05, 4.69) is 0 Å². The lowest BCUT2D eigenvalue weighted by Crippen LogP contribution is -2.18. The highest BCUT2D eigenvalue weighted by molar-refractivity contribution is 5.84. The van der Waals surface area contributed by atoms with Crippen LogP contribution in [0.15, 0.2) is 6.07 Å². The van der Waals surface area contributed by atoms with E-state index in [0.29, 0.717) is 6.07 Å². The molecule has 6 heteroatoms. The molecule has 0 aliphatic heterocycles. The van der Waals surface area contributed by atoms with Crippen molar-refractivity contribution >= 4 is 11.8 Å². The SMILES string of the molecule is Cc1c(F)c(F)cc(NC(=O)OCC(C)C)c1F. The minimum Gasteiger partial charge on any atom is -0.449 e. The molecule has 1 amide bonds. The highest BCUT2D eigenvalue weighted by Gasteiger charge is 2.17. The Morgan fingerprint density at radius 3 is 2.50 bits per heavy atom. The van der Waals surface area contributed by atoms with E-state index in [1.165, 1.54) is 0 Å². The van der Waals surface area contributed by atoms with Crippen LogP contribution >= 0.6 is 0 Å². The van der Waals surface area contributed by atoms with Gasteiger partial charge in [-0.15, -0.1) is 0 Å². The van der Waals surface area contributed by atoms with Crippen molar-refractivity contribution in [3.8, 4) is 0 Å². The lowest BCUT2D eigenvalue weighted by atomic mass is 10.2. The largest absolute Gasteiger partial charge is 0.449 e. The molecule has 18 heavy (non-hydrogen) atoms. The van der Waals surface area contributed by atoms with Gasteiger partial charge in [-0.05, 0) is 12.8 Å². The molecule has 1 aromatic rings. The van der Waals surface area contributed by atoms with Crippen molar-refractivity contribution in [2.45, 2.75) is 20.8 Å². The van der Waals surface area contributed by atoms with Crippen molar-refractivity contribution in [2.75, 3.05) is 11.9 Å². The second-order valence-electron chi connectivity index (χ2n) is 4.28. The van der Waals surface area contributed by atoms with E-state index >= 15 is 0 Å². The van der Waals surface area contributed by atoms with Gasteiger partial charge in [0.2, 0.25) is 0 Å². The van der Waals surface area contributed by atoms with Crippen LogP contribution in [0.1, 0.15) is 19.4 Å². The maximum atomic E-state index is 13.5. The molecule has 0 fully saturated rings. The molecule has 0 unspecified atom stereocenters. The van der Waals surface area contributed by atoms with Crippen LogP contribution in [-0.4, -0.2) is 12.7 Å². The first-order valence-corrected chi connectivity index (χ1v) is 5.40. The van der Waals surface area contributed by atoms with Gasteiger partial charge in [0.25, 0.3) is 0 Å². The van der Waals surface area contributed by atoms with Crippen LogP contribution in [-0.2, 0) is 4.74 Å². The fraction of sp³-hybridized carbons (Fsp3) is 0.417. The van der Waals surface area contributed by atoms with Gasteiger partial charge in [0, 0.05) is 11.6 Å². The summed E-state index contributed by atoms with van der Waals surface area (Å²) in [7, 11) is 0. The lowest BCUT2D eigenvalue weighted by Gasteiger charge is -2.11. The molecule has 1 rings (SSSR count). The third-order valence-corrected chi connectivity index (χ3v) is 2.16. The van der Waals surface area contributed by atoms with Gasteiger partial charge in [-0.3, -0.25) is 5.32 Å². The predicted octanol–water partition coefficient (Wildman–Crippen LogP) is 3.62. The molecule has 1 N–H and O–H groups in total. The zero-order valence-corrected chi connectivity index (χ0v) is 10.3. The Balaban J connectivity index is 2.82. The Kier molecular flexibility index (Phi) is 4.58. The summed E-state index contributed by atoms with van der Waals surface area (Å²) in [5, 5.41) is 2.03. The quantitative estimate of drug-likeness (QED) is 0.844. The first-order chi connectivity index (χ1) is 8.32. The molecule has 1 aromatic carbocycles. The normalized spacial score (nSPS) is 10.6. The molecular weight excluding hydrogens is 247 g/mol. The molecule has 0 aliphatic carbocycles. The summed E-state index contributed by atoms with van der Waals surface area (Å²) in [6, 6.07) is 0.578. The second kappa shape index (κ2) is 5.75. The van der Waals surface area contributed by atoms with E-state index in [1.54, 1.807) is 0 Å². The van der Waals surface area contributed by atoms with Crippen LogP contribution in [0.3, 0.4) is 0 Å². The van der Waals surface area contributed by atoms with Gasteiger partial charge in [0.15, 0.2) is 17.5 Å². The maximum Gasteiger partial charge on any atom is 0.411 e. The summed E-state index contributed by atoms with van der Waals surface area (Å²) in [5.41, 5.74) is -0.936. The summed E-state index contributed by atoms with van der Waals surface area (Å²) < 4.78 is 44.3. The summed E-state index contributed by atoms with van der Waals surface area (Å²) >= 11 is 0. The number of ether oxygens (including phenoxy) is 1. The molecule has 0 aliphatic rings. The first kappa shape index (κ1) is 14.3. The average Bonchev–Trinajstić information content (AvgIpc) is 2.30. The Hall–Kier alpha value is -1.72. The standard InChI is InChI=1S/C12H14F3NO2/c1-6(2)5-18-12(17)16-9-4-8(13)10(14)7(3)11(9)15/h4,6H,5H2,1-3H3,(H,16,17). The van der Waals surface area contributed by atoms with E-state index < -0.39 is 34.8 Å². The predicted molar refractivity (Wildman–Crippen MR) is 60.9 cm³/mol. The minimum absolute atomic E-state index is 0.118. The number of halogens is 3. The Bertz CT molecular complexity index is 461. The van der Waals surface area contributed by atoms with Crippen LogP contribution in [0.2, 0.25) is 0 Å². The van der Waals surface area contributed by atoms with Gasteiger partial charge >= 0.3 is 6.09 Å². The Morgan fingerprint density at radius 1 is 1.33 bits per heavy atom. The lowest BCUT2D eigenvalue weighted by molar-refractivity contribution is 0.147. The average molecular weight is 261 g/mol. The maximum absolute atomic E-state index is 13.5. The van der Waals surface area contributed by atoms with Crippen molar-refractivity contribution in [1.29, 1.82) is 0 Å². The van der Waals surface area contributed by atoms with Crippen molar-refractivity contribution in [2.24, 2.45) is 5.92 Å². The van der Waals surface area contributed by atoms with Gasteiger partial charge in [0.1, 0.15) is 0 Å². The topological polar surface area (TPSA) is 38.3 Å². The monoisotopic (exact) mass is 261 g/mol. The molecule has 0 heterocycles. The molecule has 0 bridgehead atoms. The number of hydrogen-bond donors (Lipinski definition) is 1. The van der Waals surface area contributed by atoms with Crippen molar-refractivity contribution in [3.63, 3.8) is 0 Å².